The van der Waals surface area contributed by atoms with Gasteiger partial charge in [0, 0.05) is 6.07 Å². The first kappa shape index (κ1) is 13.6. The van der Waals surface area contributed by atoms with Gasteiger partial charge >= 0.3 is 5.69 Å². The summed E-state index contributed by atoms with van der Waals surface area (Å²) in [5, 5.41) is 0. The van der Waals surface area contributed by atoms with Crippen molar-refractivity contribution < 1.29 is 28.4 Å². The molecule has 1 atom stereocenters. The molecule has 1 aliphatic heterocycles. The summed E-state index contributed by atoms with van der Waals surface area (Å²) < 4.78 is 29.0. The van der Waals surface area contributed by atoms with E-state index in [1.54, 1.807) is 0 Å². The van der Waals surface area contributed by atoms with E-state index in [1.165, 1.54) is 7.11 Å². The van der Waals surface area contributed by atoms with Crippen LogP contribution in [0.5, 0.6) is 5.75 Å². The maximum Gasteiger partial charge on any atom is 0.376 e. The second-order valence-electron chi connectivity index (χ2n) is 3.79. The molecule has 2 heterocycles. The van der Waals surface area contributed by atoms with Crippen LogP contribution in [0.15, 0.2) is 12.3 Å². The van der Waals surface area contributed by atoms with Crippen molar-refractivity contribution in [3.05, 3.63) is 23.1 Å². The second-order valence-corrected chi connectivity index (χ2v) is 3.79. The van der Waals surface area contributed by atoms with Gasteiger partial charge in [-0.2, -0.15) is 4.39 Å². The monoisotopic (exact) mass is 273 g/mol. The third kappa shape index (κ3) is 3.58. The van der Waals surface area contributed by atoms with Crippen molar-refractivity contribution in [3.8, 4) is 5.75 Å². The fourth-order valence-electron chi connectivity index (χ4n) is 1.57. The van der Waals surface area contributed by atoms with Crippen LogP contribution in [0.4, 0.5) is 10.1 Å². The van der Waals surface area contributed by atoms with E-state index in [1.807, 2.05) is 0 Å². The average molecular weight is 273 g/mol. The molecule has 7 nitrogen and oxygen atoms in total. The van der Waals surface area contributed by atoms with E-state index in [4.69, 9.17) is 14.2 Å². The van der Waals surface area contributed by atoms with Gasteiger partial charge < -0.3 is 14.2 Å². The number of aromatic nitrogens is 1. The van der Waals surface area contributed by atoms with Crippen LogP contribution >= 0.6 is 0 Å². The van der Waals surface area contributed by atoms with Gasteiger partial charge in [-0.05, 0) is 0 Å². The third-order valence-corrected chi connectivity index (χ3v) is 2.49. The molecule has 104 valence electrons. The number of nitrogens with zero attached hydrogens (tertiary/aromatic N) is 2. The predicted molar refractivity (Wildman–Crippen MR) is 60.5 cm³/mol. The minimum Gasteiger partial charge on any atom is -0.484 e. The molecule has 1 aliphatic rings. The first-order chi connectivity index (χ1) is 9.20. The van der Waals surface area contributed by atoms with Crippen molar-refractivity contribution in [2.75, 3.05) is 33.5 Å². The molecule has 0 aromatic carbocycles. The lowest BCUT2D eigenvalue weighted by molar-refractivity contribution is -0.737. The van der Waals surface area contributed by atoms with Crippen molar-refractivity contribution in [1.29, 1.82) is 0 Å². The summed E-state index contributed by atoms with van der Waals surface area (Å²) >= 11 is 0. The largest absolute Gasteiger partial charge is 0.484 e. The Morgan fingerprint density at radius 3 is 3.11 bits per heavy atom. The van der Waals surface area contributed by atoms with Gasteiger partial charge in [0.05, 0.1) is 24.7 Å². The maximum atomic E-state index is 13.1. The Labute approximate surface area is 108 Å². The molecule has 0 aliphatic carbocycles. The van der Waals surface area contributed by atoms with Crippen LogP contribution in [0.3, 0.4) is 0 Å². The van der Waals surface area contributed by atoms with Gasteiger partial charge in [0.15, 0.2) is 7.11 Å². The molecule has 0 amide bonds. The second kappa shape index (κ2) is 6.39. The van der Waals surface area contributed by atoms with E-state index in [9.17, 15) is 9.30 Å². The van der Waals surface area contributed by atoms with E-state index in [2.05, 4.69) is 9.82 Å². The van der Waals surface area contributed by atoms with Crippen molar-refractivity contribution in [1.82, 2.24) is 4.98 Å². The van der Waals surface area contributed by atoms with Gasteiger partial charge in [-0.15, -0.1) is 0 Å². The molecule has 0 bridgehead atoms. The average Bonchev–Trinajstić information content (AvgIpc) is 2.45. The Kier molecular flexibility index (Phi) is 4.58. The lowest BCUT2D eigenvalue weighted by atomic mass is 10.3. The number of rotatable bonds is 5. The SMILES string of the molecule is CO[N+](=O)c1cnc(F)cc1OC[C@@H]1COCCO1. The number of halogens is 1. The molecular formula is C11H14FN2O5+. The summed E-state index contributed by atoms with van der Waals surface area (Å²) in [6.07, 6.45) is 0.792. The minimum absolute atomic E-state index is 0.0133. The number of pyridine rings is 1. The molecule has 0 N–H and O–H groups in total. The van der Waals surface area contributed by atoms with E-state index >= 15 is 0 Å². The topological polar surface area (TPSA) is 69.9 Å². The molecule has 1 aromatic heterocycles. The zero-order valence-electron chi connectivity index (χ0n) is 10.4. The van der Waals surface area contributed by atoms with Gasteiger partial charge in [-0.1, -0.05) is 0 Å². The summed E-state index contributed by atoms with van der Waals surface area (Å²) in [6, 6.07) is 1.02. The number of hydrogen-bond donors (Lipinski definition) is 0. The molecule has 19 heavy (non-hydrogen) atoms. The highest BCUT2D eigenvalue weighted by Crippen LogP contribution is 2.26. The van der Waals surface area contributed by atoms with Crippen LogP contribution in [0.25, 0.3) is 0 Å². The molecule has 0 radical (unpaired) electrons. The van der Waals surface area contributed by atoms with Crippen molar-refractivity contribution in [2.24, 2.45) is 0 Å². The van der Waals surface area contributed by atoms with Crippen molar-refractivity contribution >= 4 is 5.69 Å². The summed E-state index contributed by atoms with van der Waals surface area (Å²) in [5.41, 5.74) is -0.0133. The Bertz CT molecular complexity index is 451. The Hall–Kier alpha value is -1.80. The minimum atomic E-state index is -0.746. The van der Waals surface area contributed by atoms with E-state index in [-0.39, 0.29) is 29.1 Å². The van der Waals surface area contributed by atoms with Gasteiger partial charge in [0.1, 0.15) is 18.9 Å². The van der Waals surface area contributed by atoms with Gasteiger partial charge in [0.25, 0.3) is 4.92 Å². The fraction of sp³-hybridized carbons (Fsp3) is 0.545. The zero-order valence-corrected chi connectivity index (χ0v) is 10.4. The highest BCUT2D eigenvalue weighted by molar-refractivity contribution is 5.42. The zero-order chi connectivity index (χ0) is 13.7. The van der Waals surface area contributed by atoms with Crippen LogP contribution < -0.4 is 4.74 Å². The van der Waals surface area contributed by atoms with Gasteiger partial charge in [-0.3, -0.25) is 0 Å². The summed E-state index contributed by atoms with van der Waals surface area (Å²) in [4.78, 5) is 19.5. The fourth-order valence-corrected chi connectivity index (χ4v) is 1.57. The van der Waals surface area contributed by atoms with Crippen molar-refractivity contribution in [3.63, 3.8) is 0 Å². The maximum absolute atomic E-state index is 13.1. The Balaban J connectivity index is 2.05. The van der Waals surface area contributed by atoms with Gasteiger partial charge in [0.2, 0.25) is 11.7 Å². The molecule has 1 saturated heterocycles. The first-order valence-corrected chi connectivity index (χ1v) is 5.69. The molecule has 0 saturated carbocycles. The molecule has 0 unspecified atom stereocenters. The molecule has 1 aromatic rings. The van der Waals surface area contributed by atoms with Crippen LogP contribution in [-0.2, 0) is 14.3 Å². The van der Waals surface area contributed by atoms with Crippen LogP contribution in [0, 0.1) is 10.9 Å². The van der Waals surface area contributed by atoms with E-state index in [0.29, 0.717) is 19.8 Å². The quantitative estimate of drug-likeness (QED) is 0.588. The lowest BCUT2D eigenvalue weighted by Gasteiger charge is -2.22. The highest BCUT2D eigenvalue weighted by Gasteiger charge is 2.25. The smallest absolute Gasteiger partial charge is 0.376 e. The Morgan fingerprint density at radius 1 is 1.58 bits per heavy atom. The lowest BCUT2D eigenvalue weighted by Crippen LogP contribution is -2.33. The van der Waals surface area contributed by atoms with Crippen LogP contribution in [-0.4, -0.2) is 49.5 Å². The number of ether oxygens (including phenoxy) is 3. The molecule has 8 heteroatoms. The van der Waals surface area contributed by atoms with Crippen molar-refractivity contribution in [2.45, 2.75) is 6.10 Å². The van der Waals surface area contributed by atoms with E-state index < -0.39 is 5.95 Å². The normalized spacial score (nSPS) is 18.9. The summed E-state index contributed by atoms with van der Waals surface area (Å²) in [7, 11) is 1.19. The molecule has 2 rings (SSSR count). The first-order valence-electron chi connectivity index (χ1n) is 5.69. The molecular weight excluding hydrogens is 259 g/mol. The van der Waals surface area contributed by atoms with Crippen LogP contribution in [0.1, 0.15) is 0 Å². The molecule has 0 spiro atoms. The molecule has 1 fully saturated rings. The number of hydrogen-bond acceptors (Lipinski definition) is 6. The van der Waals surface area contributed by atoms with E-state index in [0.717, 1.165) is 12.3 Å². The summed E-state index contributed by atoms with van der Waals surface area (Å²) in [6.45, 7) is 1.57. The standard InChI is InChI=1S/C11H14FN2O5/c1-16-14(15)9-5-13-11(12)4-10(9)19-7-8-6-17-2-3-18-8/h4-5,8H,2-3,6-7H2,1H3/q+1/t8-/m0/s1. The Morgan fingerprint density at radius 2 is 2.42 bits per heavy atom. The van der Waals surface area contributed by atoms with Crippen LogP contribution in [0.2, 0.25) is 0 Å². The third-order valence-electron chi connectivity index (χ3n) is 2.49. The van der Waals surface area contributed by atoms with Gasteiger partial charge in [-0.25, -0.2) is 9.82 Å². The summed E-state index contributed by atoms with van der Waals surface area (Å²) in [5.74, 6) is -0.706. The highest BCUT2D eigenvalue weighted by atomic mass is 19.1. The predicted octanol–water partition coefficient (Wildman–Crippen LogP) is 0.987.